The van der Waals surface area contributed by atoms with E-state index in [4.69, 9.17) is 11.6 Å². The van der Waals surface area contributed by atoms with Crippen LogP contribution < -0.4 is 0 Å². The molecule has 5 heteroatoms. The molecule has 1 atom stereocenters. The van der Waals surface area contributed by atoms with Crippen LogP contribution in [-0.4, -0.2) is 20.6 Å². The maximum absolute atomic E-state index is 11.4. The van der Waals surface area contributed by atoms with E-state index < -0.39 is 5.97 Å². The molecule has 0 saturated carbocycles. The number of hydrogen-bond donors (Lipinski definition) is 1. The zero-order valence-electron chi connectivity index (χ0n) is 11.1. The number of carboxylic acid groups (broad SMARTS) is 1. The Kier molecular flexibility index (Phi) is 3.26. The molecule has 1 unspecified atom stereocenters. The first-order valence-corrected chi connectivity index (χ1v) is 7.02. The molecule has 1 N–H and O–H groups in total. The van der Waals surface area contributed by atoms with Crippen LogP contribution in [0.4, 0.5) is 0 Å². The number of benzene rings is 1. The summed E-state index contributed by atoms with van der Waals surface area (Å²) < 4.78 is 2.03. The van der Waals surface area contributed by atoms with Crippen molar-refractivity contribution in [1.82, 2.24) is 9.55 Å². The highest BCUT2D eigenvalue weighted by Gasteiger charge is 2.27. The van der Waals surface area contributed by atoms with Crippen molar-refractivity contribution >= 4 is 17.6 Å². The van der Waals surface area contributed by atoms with Gasteiger partial charge >= 0.3 is 5.97 Å². The van der Waals surface area contributed by atoms with E-state index in [9.17, 15) is 9.90 Å². The minimum atomic E-state index is -0.955. The van der Waals surface area contributed by atoms with Crippen LogP contribution in [0.5, 0.6) is 0 Å². The van der Waals surface area contributed by atoms with Crippen LogP contribution in [0.1, 0.15) is 29.5 Å². The van der Waals surface area contributed by atoms with Gasteiger partial charge in [0.1, 0.15) is 5.82 Å². The third kappa shape index (κ3) is 2.20. The summed E-state index contributed by atoms with van der Waals surface area (Å²) in [7, 11) is 0. The molecule has 0 spiro atoms. The van der Waals surface area contributed by atoms with Crippen LogP contribution in [0.15, 0.2) is 24.3 Å². The van der Waals surface area contributed by atoms with Crippen molar-refractivity contribution in [3.8, 4) is 11.4 Å². The molecule has 0 radical (unpaired) electrons. The second-order valence-corrected chi connectivity index (χ2v) is 5.73. The Morgan fingerprint density at radius 1 is 1.40 bits per heavy atom. The molecule has 0 amide bonds. The van der Waals surface area contributed by atoms with Crippen LogP contribution >= 0.6 is 11.6 Å². The van der Waals surface area contributed by atoms with Gasteiger partial charge in [0.05, 0.1) is 5.69 Å². The van der Waals surface area contributed by atoms with Crippen LogP contribution in [0.25, 0.3) is 11.4 Å². The summed E-state index contributed by atoms with van der Waals surface area (Å²) in [4.78, 5) is 15.7. The summed E-state index contributed by atoms with van der Waals surface area (Å²) >= 11 is 5.90. The lowest BCUT2D eigenvalue weighted by molar-refractivity contribution is 0.0689. The molecule has 1 aliphatic rings. The van der Waals surface area contributed by atoms with Gasteiger partial charge in [0.2, 0.25) is 0 Å². The molecule has 1 aliphatic heterocycles. The fraction of sp³-hybridized carbons (Fsp3) is 0.333. The quantitative estimate of drug-likeness (QED) is 0.921. The highest BCUT2D eigenvalue weighted by molar-refractivity contribution is 6.30. The van der Waals surface area contributed by atoms with Gasteiger partial charge in [-0.15, -0.1) is 0 Å². The normalized spacial score (nSPS) is 17.8. The van der Waals surface area contributed by atoms with Crippen LogP contribution in [-0.2, 0) is 13.0 Å². The number of halogens is 1. The van der Waals surface area contributed by atoms with Crippen molar-refractivity contribution in [3.63, 3.8) is 0 Å². The van der Waals surface area contributed by atoms with Crippen LogP contribution in [0, 0.1) is 5.92 Å². The van der Waals surface area contributed by atoms with Crippen molar-refractivity contribution in [3.05, 3.63) is 40.7 Å². The number of imidazole rings is 1. The number of carbonyl (C=O) groups is 1. The standard InChI is InChI=1S/C15H15ClN2O2/c1-9-6-7-18-12(8-9)13(15(19)20)17-14(18)10-2-4-11(16)5-3-10/h2-5,9H,6-8H2,1H3,(H,19,20). The molecule has 1 aromatic heterocycles. The summed E-state index contributed by atoms with van der Waals surface area (Å²) in [5, 5.41) is 9.99. The molecule has 0 saturated heterocycles. The predicted octanol–water partition coefficient (Wildman–Crippen LogP) is 3.48. The van der Waals surface area contributed by atoms with Crippen molar-refractivity contribution in [1.29, 1.82) is 0 Å². The number of rotatable bonds is 2. The lowest BCUT2D eigenvalue weighted by Gasteiger charge is -2.22. The fourth-order valence-corrected chi connectivity index (χ4v) is 2.83. The van der Waals surface area contributed by atoms with E-state index in [2.05, 4.69) is 11.9 Å². The Morgan fingerprint density at radius 3 is 2.75 bits per heavy atom. The van der Waals surface area contributed by atoms with Gasteiger partial charge in [0.25, 0.3) is 0 Å². The maximum atomic E-state index is 11.4. The highest BCUT2D eigenvalue weighted by Crippen LogP contribution is 2.30. The lowest BCUT2D eigenvalue weighted by Crippen LogP contribution is -2.19. The van der Waals surface area contributed by atoms with Gasteiger partial charge in [-0.1, -0.05) is 18.5 Å². The molecule has 2 aromatic rings. The molecule has 0 fully saturated rings. The maximum Gasteiger partial charge on any atom is 0.356 e. The van der Waals surface area contributed by atoms with Crippen molar-refractivity contribution < 1.29 is 9.90 Å². The number of aromatic nitrogens is 2. The monoisotopic (exact) mass is 290 g/mol. The van der Waals surface area contributed by atoms with Crippen molar-refractivity contribution in [2.24, 2.45) is 5.92 Å². The SMILES string of the molecule is CC1CCn2c(-c3ccc(Cl)cc3)nc(C(=O)O)c2C1. The molecular formula is C15H15ClN2O2. The van der Waals surface area contributed by atoms with E-state index in [1.807, 2.05) is 16.7 Å². The van der Waals surface area contributed by atoms with Gasteiger partial charge in [0, 0.05) is 17.1 Å². The Balaban J connectivity index is 2.14. The zero-order chi connectivity index (χ0) is 14.3. The average Bonchev–Trinajstić information content (AvgIpc) is 2.78. The number of nitrogens with zero attached hydrogens (tertiary/aromatic N) is 2. The molecule has 20 heavy (non-hydrogen) atoms. The van der Waals surface area contributed by atoms with Gasteiger partial charge in [-0.05, 0) is 43.0 Å². The van der Waals surface area contributed by atoms with Crippen molar-refractivity contribution in [2.75, 3.05) is 0 Å². The fourth-order valence-electron chi connectivity index (χ4n) is 2.71. The minimum Gasteiger partial charge on any atom is -0.476 e. The molecule has 0 aliphatic carbocycles. The third-order valence-corrected chi connectivity index (χ3v) is 4.02. The van der Waals surface area contributed by atoms with E-state index in [0.717, 1.165) is 36.5 Å². The Morgan fingerprint density at radius 2 is 2.10 bits per heavy atom. The van der Waals surface area contributed by atoms with Crippen LogP contribution in [0.3, 0.4) is 0 Å². The first kappa shape index (κ1) is 13.2. The van der Waals surface area contributed by atoms with Gasteiger partial charge in [-0.2, -0.15) is 0 Å². The molecule has 3 rings (SSSR count). The van der Waals surface area contributed by atoms with E-state index in [0.29, 0.717) is 10.9 Å². The molecule has 4 nitrogen and oxygen atoms in total. The smallest absolute Gasteiger partial charge is 0.356 e. The summed E-state index contributed by atoms with van der Waals surface area (Å²) in [5.74, 6) is 0.263. The lowest BCUT2D eigenvalue weighted by atomic mass is 9.97. The van der Waals surface area contributed by atoms with Crippen molar-refractivity contribution in [2.45, 2.75) is 26.3 Å². The van der Waals surface area contributed by atoms with E-state index in [1.165, 1.54) is 0 Å². The van der Waals surface area contributed by atoms with Gasteiger partial charge in [-0.25, -0.2) is 9.78 Å². The summed E-state index contributed by atoms with van der Waals surface area (Å²) in [5.41, 5.74) is 1.92. The Hall–Kier alpha value is -1.81. The molecule has 0 bridgehead atoms. The molecule has 2 heterocycles. The molecule has 104 valence electrons. The van der Waals surface area contributed by atoms with E-state index >= 15 is 0 Å². The first-order valence-electron chi connectivity index (χ1n) is 6.65. The number of carboxylic acids is 1. The summed E-state index contributed by atoms with van der Waals surface area (Å²) in [6, 6.07) is 7.35. The number of fused-ring (bicyclic) bond motifs is 1. The summed E-state index contributed by atoms with van der Waals surface area (Å²) in [6.07, 6.45) is 1.81. The number of aromatic carboxylic acids is 1. The second-order valence-electron chi connectivity index (χ2n) is 5.29. The van der Waals surface area contributed by atoms with E-state index in [-0.39, 0.29) is 5.69 Å². The molecule has 1 aromatic carbocycles. The Labute approximate surface area is 122 Å². The average molecular weight is 291 g/mol. The largest absolute Gasteiger partial charge is 0.476 e. The second kappa shape index (κ2) is 4.94. The topological polar surface area (TPSA) is 55.1 Å². The summed E-state index contributed by atoms with van der Waals surface area (Å²) in [6.45, 7) is 2.96. The highest BCUT2D eigenvalue weighted by atomic mass is 35.5. The van der Waals surface area contributed by atoms with Crippen LogP contribution in [0.2, 0.25) is 5.02 Å². The van der Waals surface area contributed by atoms with E-state index in [1.54, 1.807) is 12.1 Å². The molecular weight excluding hydrogens is 276 g/mol. The predicted molar refractivity (Wildman–Crippen MR) is 77.1 cm³/mol. The zero-order valence-corrected chi connectivity index (χ0v) is 11.9. The van der Waals surface area contributed by atoms with Gasteiger partial charge in [0.15, 0.2) is 5.69 Å². The number of hydrogen-bond acceptors (Lipinski definition) is 2. The Bertz CT molecular complexity index is 661. The van der Waals surface area contributed by atoms with Gasteiger partial charge < -0.3 is 9.67 Å². The minimum absolute atomic E-state index is 0.182. The first-order chi connectivity index (χ1) is 9.56. The van der Waals surface area contributed by atoms with Gasteiger partial charge in [-0.3, -0.25) is 0 Å². The third-order valence-electron chi connectivity index (χ3n) is 3.76.